The summed E-state index contributed by atoms with van der Waals surface area (Å²) in [5.41, 5.74) is 6.60. The number of nitrogens with one attached hydrogen (secondary N) is 1. The SMILES string of the molecule is Nc1cc(C(=O)O)c(F)cc1NCc1ccoc1. The quantitative estimate of drug-likeness (QED) is 0.724. The van der Waals surface area contributed by atoms with Crippen molar-refractivity contribution in [3.63, 3.8) is 0 Å². The van der Waals surface area contributed by atoms with Gasteiger partial charge in [-0.3, -0.25) is 0 Å². The second kappa shape index (κ2) is 4.79. The van der Waals surface area contributed by atoms with Crippen molar-refractivity contribution in [2.24, 2.45) is 0 Å². The average molecular weight is 250 g/mol. The largest absolute Gasteiger partial charge is 0.478 e. The molecule has 94 valence electrons. The minimum absolute atomic E-state index is 0.178. The Bertz CT molecular complexity index is 567. The summed E-state index contributed by atoms with van der Waals surface area (Å²) in [6.45, 7) is 0.409. The highest BCUT2D eigenvalue weighted by atomic mass is 19.1. The van der Waals surface area contributed by atoms with Crippen molar-refractivity contribution >= 4 is 17.3 Å². The molecular formula is C12H11FN2O3. The third-order valence-electron chi connectivity index (χ3n) is 2.43. The van der Waals surface area contributed by atoms with E-state index in [1.807, 2.05) is 0 Å². The van der Waals surface area contributed by atoms with Gasteiger partial charge in [0.1, 0.15) is 5.82 Å². The number of rotatable bonds is 4. The van der Waals surface area contributed by atoms with Gasteiger partial charge in [0.2, 0.25) is 0 Å². The van der Waals surface area contributed by atoms with E-state index in [-0.39, 0.29) is 5.69 Å². The molecule has 4 N–H and O–H groups in total. The predicted octanol–water partition coefficient (Wildman–Crippen LogP) is 2.31. The first-order chi connectivity index (χ1) is 8.58. The van der Waals surface area contributed by atoms with Crippen LogP contribution >= 0.6 is 0 Å². The molecule has 0 radical (unpaired) electrons. The molecule has 1 aromatic carbocycles. The summed E-state index contributed by atoms with van der Waals surface area (Å²) >= 11 is 0. The predicted molar refractivity (Wildman–Crippen MR) is 63.8 cm³/mol. The molecule has 0 spiro atoms. The van der Waals surface area contributed by atoms with Crippen molar-refractivity contribution in [2.75, 3.05) is 11.1 Å². The smallest absolute Gasteiger partial charge is 0.338 e. The van der Waals surface area contributed by atoms with Crippen LogP contribution < -0.4 is 11.1 Å². The van der Waals surface area contributed by atoms with E-state index < -0.39 is 17.3 Å². The Morgan fingerprint density at radius 2 is 2.28 bits per heavy atom. The van der Waals surface area contributed by atoms with Crippen LogP contribution in [-0.2, 0) is 6.54 Å². The minimum atomic E-state index is -1.35. The standard InChI is InChI=1S/C12H11FN2O3/c13-9-4-11(10(14)3-8(9)12(16)17)15-5-7-1-2-18-6-7/h1-4,6,15H,5,14H2,(H,16,17). The Balaban J connectivity index is 2.19. The van der Waals surface area contributed by atoms with Crippen molar-refractivity contribution < 1.29 is 18.7 Å². The van der Waals surface area contributed by atoms with Gasteiger partial charge in [-0.15, -0.1) is 0 Å². The lowest BCUT2D eigenvalue weighted by atomic mass is 10.1. The topological polar surface area (TPSA) is 88.5 Å². The Hall–Kier alpha value is -2.50. The molecule has 0 saturated heterocycles. The molecule has 5 nitrogen and oxygen atoms in total. The van der Waals surface area contributed by atoms with Crippen molar-refractivity contribution in [1.82, 2.24) is 0 Å². The Labute approximate surface area is 102 Å². The van der Waals surface area contributed by atoms with Crippen molar-refractivity contribution in [1.29, 1.82) is 0 Å². The van der Waals surface area contributed by atoms with E-state index >= 15 is 0 Å². The third kappa shape index (κ3) is 2.42. The summed E-state index contributed by atoms with van der Waals surface area (Å²) in [5, 5.41) is 11.6. The maximum absolute atomic E-state index is 13.5. The lowest BCUT2D eigenvalue weighted by Crippen LogP contribution is -2.07. The maximum atomic E-state index is 13.5. The van der Waals surface area contributed by atoms with Crippen LogP contribution in [0, 0.1) is 5.82 Å². The maximum Gasteiger partial charge on any atom is 0.338 e. The van der Waals surface area contributed by atoms with Gasteiger partial charge in [-0.2, -0.15) is 0 Å². The Kier molecular flexibility index (Phi) is 3.18. The second-order valence-corrected chi connectivity index (χ2v) is 3.71. The molecule has 0 amide bonds. The van der Waals surface area contributed by atoms with E-state index in [0.717, 1.165) is 17.7 Å². The monoisotopic (exact) mass is 250 g/mol. The number of halogens is 1. The van der Waals surface area contributed by atoms with Gasteiger partial charge in [0.15, 0.2) is 0 Å². The highest BCUT2D eigenvalue weighted by molar-refractivity contribution is 5.90. The van der Waals surface area contributed by atoms with Gasteiger partial charge in [0.05, 0.1) is 29.5 Å². The summed E-state index contributed by atoms with van der Waals surface area (Å²) in [4.78, 5) is 10.7. The molecule has 2 rings (SSSR count). The summed E-state index contributed by atoms with van der Waals surface area (Å²) in [6, 6.07) is 3.92. The van der Waals surface area contributed by atoms with E-state index in [2.05, 4.69) is 5.32 Å². The van der Waals surface area contributed by atoms with Gasteiger partial charge in [0, 0.05) is 12.1 Å². The van der Waals surface area contributed by atoms with Crippen LogP contribution in [0.5, 0.6) is 0 Å². The number of carboxylic acids is 1. The lowest BCUT2D eigenvalue weighted by molar-refractivity contribution is 0.0692. The summed E-state index contributed by atoms with van der Waals surface area (Å²) in [7, 11) is 0. The molecule has 0 bridgehead atoms. The van der Waals surface area contributed by atoms with Crippen molar-refractivity contribution in [3.8, 4) is 0 Å². The fourth-order valence-corrected chi connectivity index (χ4v) is 1.50. The molecule has 18 heavy (non-hydrogen) atoms. The minimum Gasteiger partial charge on any atom is -0.478 e. The highest BCUT2D eigenvalue weighted by Crippen LogP contribution is 2.23. The molecule has 1 heterocycles. The summed E-state index contributed by atoms with van der Waals surface area (Å²) in [5.74, 6) is -2.17. The first-order valence-corrected chi connectivity index (χ1v) is 5.15. The normalized spacial score (nSPS) is 10.3. The second-order valence-electron chi connectivity index (χ2n) is 3.71. The van der Waals surface area contributed by atoms with E-state index in [4.69, 9.17) is 15.3 Å². The fraction of sp³-hybridized carbons (Fsp3) is 0.0833. The molecule has 0 aliphatic heterocycles. The van der Waals surface area contributed by atoms with Gasteiger partial charge in [-0.25, -0.2) is 9.18 Å². The van der Waals surface area contributed by atoms with Gasteiger partial charge in [-0.05, 0) is 18.2 Å². The number of anilines is 2. The Morgan fingerprint density at radius 3 is 2.89 bits per heavy atom. The molecular weight excluding hydrogens is 239 g/mol. The van der Waals surface area contributed by atoms with Gasteiger partial charge in [-0.1, -0.05) is 0 Å². The van der Waals surface area contributed by atoms with E-state index in [9.17, 15) is 9.18 Å². The molecule has 0 aliphatic carbocycles. The van der Waals surface area contributed by atoms with Crippen LogP contribution in [0.25, 0.3) is 0 Å². The zero-order valence-electron chi connectivity index (χ0n) is 9.31. The van der Waals surface area contributed by atoms with Crippen LogP contribution in [0.2, 0.25) is 0 Å². The van der Waals surface area contributed by atoms with Crippen molar-refractivity contribution in [3.05, 3.63) is 47.7 Å². The number of benzene rings is 1. The number of hydrogen-bond acceptors (Lipinski definition) is 4. The molecule has 0 atom stereocenters. The zero-order chi connectivity index (χ0) is 13.1. The molecule has 1 aromatic heterocycles. The molecule has 0 aliphatic rings. The molecule has 6 heteroatoms. The first-order valence-electron chi connectivity index (χ1n) is 5.15. The van der Waals surface area contributed by atoms with Crippen LogP contribution in [0.4, 0.5) is 15.8 Å². The molecule has 0 saturated carbocycles. The van der Waals surface area contributed by atoms with Crippen LogP contribution in [0.1, 0.15) is 15.9 Å². The first kappa shape index (κ1) is 12.0. The van der Waals surface area contributed by atoms with E-state index in [1.165, 1.54) is 6.26 Å². The Morgan fingerprint density at radius 1 is 1.50 bits per heavy atom. The van der Waals surface area contributed by atoms with E-state index in [1.54, 1.807) is 12.3 Å². The summed E-state index contributed by atoms with van der Waals surface area (Å²) in [6.07, 6.45) is 3.07. The van der Waals surface area contributed by atoms with Gasteiger partial charge in [0.25, 0.3) is 0 Å². The van der Waals surface area contributed by atoms with Crippen molar-refractivity contribution in [2.45, 2.75) is 6.54 Å². The van der Waals surface area contributed by atoms with Crippen LogP contribution in [0.15, 0.2) is 35.1 Å². The summed E-state index contributed by atoms with van der Waals surface area (Å²) < 4.78 is 18.3. The van der Waals surface area contributed by atoms with Gasteiger partial charge < -0.3 is 20.6 Å². The number of hydrogen-bond donors (Lipinski definition) is 3. The number of aromatic carboxylic acids is 1. The van der Waals surface area contributed by atoms with Crippen LogP contribution in [0.3, 0.4) is 0 Å². The number of carboxylic acid groups (broad SMARTS) is 1. The molecule has 0 unspecified atom stereocenters. The fourth-order valence-electron chi connectivity index (χ4n) is 1.50. The number of nitrogen functional groups attached to an aromatic ring is 1. The zero-order valence-corrected chi connectivity index (χ0v) is 9.31. The lowest BCUT2D eigenvalue weighted by Gasteiger charge is -2.09. The van der Waals surface area contributed by atoms with Gasteiger partial charge >= 0.3 is 5.97 Å². The number of furan rings is 1. The third-order valence-corrected chi connectivity index (χ3v) is 2.43. The van der Waals surface area contributed by atoms with E-state index in [0.29, 0.717) is 12.2 Å². The molecule has 0 fully saturated rings. The van der Waals surface area contributed by atoms with Crippen LogP contribution in [-0.4, -0.2) is 11.1 Å². The average Bonchev–Trinajstić information content (AvgIpc) is 2.82. The number of nitrogens with two attached hydrogens (primary N) is 1. The number of carbonyl (C=O) groups is 1. The molecule has 2 aromatic rings. The highest BCUT2D eigenvalue weighted by Gasteiger charge is 2.13.